The van der Waals surface area contributed by atoms with Gasteiger partial charge in [-0.25, -0.2) is 22.0 Å². The Morgan fingerprint density at radius 1 is 0.645 bits per heavy atom. The summed E-state index contributed by atoms with van der Waals surface area (Å²) in [5.74, 6) is -7.16. The van der Waals surface area contributed by atoms with Crippen molar-refractivity contribution in [1.82, 2.24) is 0 Å². The van der Waals surface area contributed by atoms with Gasteiger partial charge in [0.2, 0.25) is 0 Å². The molecular weight excluding hydrogens is 407 g/mol. The Balaban J connectivity index is 1.78. The molecule has 0 unspecified atom stereocenters. The molecule has 0 aromatic heterocycles. The fourth-order valence-electron chi connectivity index (χ4n) is 3.74. The molecule has 0 aliphatic carbocycles. The van der Waals surface area contributed by atoms with Gasteiger partial charge < -0.3 is 0 Å². The van der Waals surface area contributed by atoms with Gasteiger partial charge in [-0.3, -0.25) is 0 Å². The molecule has 0 N–H and O–H groups in total. The molecule has 4 aromatic rings. The van der Waals surface area contributed by atoms with E-state index in [1.165, 1.54) is 18.2 Å². The molecule has 0 fully saturated rings. The molecule has 0 spiro atoms. The summed E-state index contributed by atoms with van der Waals surface area (Å²) >= 11 is 0. The summed E-state index contributed by atoms with van der Waals surface area (Å²) in [5, 5.41) is 1.23. The third-order valence-corrected chi connectivity index (χ3v) is 5.42. The smallest absolute Gasteiger partial charge is 0.198 e. The van der Waals surface area contributed by atoms with Crippen molar-refractivity contribution < 1.29 is 22.0 Å². The number of aryl methyl sites for hydroxylation is 1. The zero-order valence-electron chi connectivity index (χ0n) is 16.8. The molecule has 158 valence electrons. The minimum absolute atomic E-state index is 0.113. The second-order valence-electron chi connectivity index (χ2n) is 7.51. The highest BCUT2D eigenvalue weighted by molar-refractivity contribution is 5.89. The van der Waals surface area contributed by atoms with E-state index in [-0.39, 0.29) is 11.1 Å². The Bertz CT molecular complexity index is 1280. The second-order valence-corrected chi connectivity index (χ2v) is 7.51. The first-order valence-electron chi connectivity index (χ1n) is 10.1. The molecule has 0 bridgehead atoms. The zero-order valence-corrected chi connectivity index (χ0v) is 16.8. The highest BCUT2D eigenvalue weighted by Crippen LogP contribution is 2.34. The van der Waals surface area contributed by atoms with Crippen LogP contribution >= 0.6 is 0 Å². The van der Waals surface area contributed by atoms with Crippen LogP contribution in [0.25, 0.3) is 33.0 Å². The van der Waals surface area contributed by atoms with Crippen molar-refractivity contribution in [3.05, 3.63) is 95.3 Å². The number of hydrogen-bond acceptors (Lipinski definition) is 0. The van der Waals surface area contributed by atoms with Crippen molar-refractivity contribution in [3.8, 4) is 22.3 Å². The largest absolute Gasteiger partial charge is 0.206 e. The second kappa shape index (κ2) is 8.50. The van der Waals surface area contributed by atoms with Gasteiger partial charge in [-0.05, 0) is 47.1 Å². The van der Waals surface area contributed by atoms with Gasteiger partial charge in [-0.2, -0.15) is 0 Å². The summed E-state index contributed by atoms with van der Waals surface area (Å²) in [6, 6.07) is 15.7. The highest BCUT2D eigenvalue weighted by atomic mass is 19.2. The van der Waals surface area contributed by atoms with Gasteiger partial charge in [0.15, 0.2) is 23.3 Å². The van der Waals surface area contributed by atoms with Gasteiger partial charge in [0, 0.05) is 16.5 Å². The van der Waals surface area contributed by atoms with E-state index in [1.54, 1.807) is 18.2 Å². The Morgan fingerprint density at radius 3 is 2.13 bits per heavy atom. The van der Waals surface area contributed by atoms with Crippen LogP contribution in [-0.2, 0) is 6.42 Å². The monoisotopic (exact) mass is 426 g/mol. The van der Waals surface area contributed by atoms with Crippen LogP contribution in [0, 0.1) is 29.1 Å². The van der Waals surface area contributed by atoms with E-state index < -0.39 is 34.6 Å². The van der Waals surface area contributed by atoms with E-state index in [2.05, 4.69) is 6.92 Å². The normalized spacial score (nSPS) is 11.3. The highest BCUT2D eigenvalue weighted by Gasteiger charge is 2.20. The lowest BCUT2D eigenvalue weighted by Gasteiger charge is -2.11. The predicted molar refractivity (Wildman–Crippen MR) is 113 cm³/mol. The molecule has 0 nitrogen and oxygen atoms in total. The third kappa shape index (κ3) is 3.92. The van der Waals surface area contributed by atoms with Gasteiger partial charge >= 0.3 is 0 Å². The Hall–Kier alpha value is -3.21. The molecule has 0 saturated heterocycles. The number of rotatable bonds is 5. The van der Waals surface area contributed by atoms with Crippen molar-refractivity contribution >= 4 is 10.8 Å². The summed E-state index contributed by atoms with van der Waals surface area (Å²) in [7, 11) is 0. The molecule has 0 saturated carbocycles. The van der Waals surface area contributed by atoms with E-state index in [0.29, 0.717) is 17.0 Å². The molecule has 0 atom stereocenters. The van der Waals surface area contributed by atoms with E-state index >= 15 is 4.39 Å². The summed E-state index contributed by atoms with van der Waals surface area (Å²) in [6.07, 6.45) is 3.05. The molecule has 0 heterocycles. The molecule has 5 heteroatoms. The molecule has 0 aliphatic rings. The van der Waals surface area contributed by atoms with E-state index in [9.17, 15) is 17.6 Å². The number of hydrogen-bond donors (Lipinski definition) is 0. The van der Waals surface area contributed by atoms with Crippen LogP contribution in [0.4, 0.5) is 22.0 Å². The number of benzene rings is 4. The SMILES string of the molecule is CCCCc1ccc2c(F)c(-c3cccc(-c4cc(F)c(F)c(F)c4F)c3)ccc2c1. The van der Waals surface area contributed by atoms with Crippen molar-refractivity contribution in [1.29, 1.82) is 0 Å². The molecule has 31 heavy (non-hydrogen) atoms. The molecule has 4 rings (SSSR count). The molecule has 0 amide bonds. The lowest BCUT2D eigenvalue weighted by atomic mass is 9.95. The lowest BCUT2D eigenvalue weighted by Crippen LogP contribution is -1.98. The first-order chi connectivity index (χ1) is 14.9. The van der Waals surface area contributed by atoms with Gasteiger partial charge in [0.25, 0.3) is 0 Å². The number of halogens is 5. The minimum atomic E-state index is -1.88. The van der Waals surface area contributed by atoms with Crippen LogP contribution in [0.1, 0.15) is 25.3 Å². The maximum Gasteiger partial charge on any atom is 0.198 e. The maximum absolute atomic E-state index is 15.3. The Labute approximate surface area is 177 Å². The van der Waals surface area contributed by atoms with Crippen LogP contribution in [0.3, 0.4) is 0 Å². The average Bonchev–Trinajstić information content (AvgIpc) is 2.79. The number of unbranched alkanes of at least 4 members (excludes halogenated alkanes) is 1. The van der Waals surface area contributed by atoms with Gasteiger partial charge in [-0.15, -0.1) is 0 Å². The van der Waals surface area contributed by atoms with Gasteiger partial charge in [-0.1, -0.05) is 61.9 Å². The van der Waals surface area contributed by atoms with Crippen molar-refractivity contribution in [2.45, 2.75) is 26.2 Å². The van der Waals surface area contributed by atoms with Crippen LogP contribution < -0.4 is 0 Å². The quantitative estimate of drug-likeness (QED) is 0.171. The topological polar surface area (TPSA) is 0 Å². The first-order valence-corrected chi connectivity index (χ1v) is 10.1. The molecule has 4 aromatic carbocycles. The first kappa shape index (κ1) is 21.0. The Morgan fingerprint density at radius 2 is 1.39 bits per heavy atom. The Kier molecular flexibility index (Phi) is 5.77. The van der Waals surface area contributed by atoms with E-state index in [4.69, 9.17) is 0 Å². The van der Waals surface area contributed by atoms with Gasteiger partial charge in [0.05, 0.1) is 0 Å². The summed E-state index contributed by atoms with van der Waals surface area (Å²) in [6.45, 7) is 2.11. The minimum Gasteiger partial charge on any atom is -0.206 e. The molecule has 0 radical (unpaired) electrons. The van der Waals surface area contributed by atoms with Crippen LogP contribution in [0.2, 0.25) is 0 Å². The maximum atomic E-state index is 15.3. The fourth-order valence-corrected chi connectivity index (χ4v) is 3.74. The summed E-state index contributed by atoms with van der Waals surface area (Å²) < 4.78 is 70.1. The van der Waals surface area contributed by atoms with Crippen LogP contribution in [0.5, 0.6) is 0 Å². The summed E-state index contributed by atoms with van der Waals surface area (Å²) in [5.41, 5.74) is 1.51. The van der Waals surface area contributed by atoms with Crippen molar-refractivity contribution in [2.24, 2.45) is 0 Å². The van der Waals surface area contributed by atoms with E-state index in [0.717, 1.165) is 30.2 Å². The number of fused-ring (bicyclic) bond motifs is 1. The van der Waals surface area contributed by atoms with Crippen molar-refractivity contribution in [3.63, 3.8) is 0 Å². The van der Waals surface area contributed by atoms with Crippen molar-refractivity contribution in [2.75, 3.05) is 0 Å². The zero-order chi connectivity index (χ0) is 22.1. The van der Waals surface area contributed by atoms with E-state index in [1.807, 2.05) is 18.2 Å². The van der Waals surface area contributed by atoms with Crippen LogP contribution in [-0.4, -0.2) is 0 Å². The fraction of sp³-hybridized carbons (Fsp3) is 0.154. The molecule has 0 aliphatic heterocycles. The lowest BCUT2D eigenvalue weighted by molar-refractivity contribution is 0.411. The molecular formula is C26H19F5. The van der Waals surface area contributed by atoms with Gasteiger partial charge in [0.1, 0.15) is 5.82 Å². The standard InChI is InChI=1S/C26H19F5/c1-2-3-5-15-8-10-19-18(12-15)9-11-20(23(19)28)16-6-4-7-17(13-16)21-14-22(27)25(30)26(31)24(21)29/h4,6-14H,2-3,5H2,1H3. The summed E-state index contributed by atoms with van der Waals surface area (Å²) in [4.78, 5) is 0. The van der Waals surface area contributed by atoms with Crippen LogP contribution in [0.15, 0.2) is 60.7 Å². The predicted octanol–water partition coefficient (Wildman–Crippen LogP) is 8.21. The average molecular weight is 426 g/mol. The third-order valence-electron chi connectivity index (χ3n) is 5.42.